The summed E-state index contributed by atoms with van der Waals surface area (Å²) in [7, 11) is 0. The summed E-state index contributed by atoms with van der Waals surface area (Å²) in [6.07, 6.45) is 0. The largest absolute Gasteiger partial charge is 0.333 e. The van der Waals surface area contributed by atoms with Gasteiger partial charge in [-0.15, -0.1) is 0 Å². The monoisotopic (exact) mass is 415 g/mol. The van der Waals surface area contributed by atoms with Crippen LogP contribution in [0.1, 0.15) is 22.4 Å². The number of carbonyl (C=O) groups is 1. The zero-order valence-corrected chi connectivity index (χ0v) is 17.6. The number of para-hydroxylation sites is 2. The van der Waals surface area contributed by atoms with Crippen molar-refractivity contribution in [3.63, 3.8) is 0 Å². The van der Waals surface area contributed by atoms with Crippen LogP contribution in [0, 0.1) is 25.2 Å². The van der Waals surface area contributed by atoms with Gasteiger partial charge in [-0.05, 0) is 37.1 Å². The lowest BCUT2D eigenvalue weighted by Crippen LogP contribution is -2.18. The zero-order chi connectivity index (χ0) is 21.1. The number of nitrogens with zero attached hydrogens (tertiary/aromatic N) is 3. The molecule has 1 amide bonds. The molecule has 150 valence electrons. The van der Waals surface area contributed by atoms with E-state index in [0.29, 0.717) is 23.1 Å². The number of rotatable bonds is 6. The van der Waals surface area contributed by atoms with E-state index in [1.807, 2.05) is 73.0 Å². The number of H-pyrrole nitrogens is 1. The number of anilines is 1. The van der Waals surface area contributed by atoms with Crippen molar-refractivity contribution in [1.82, 2.24) is 14.5 Å². The van der Waals surface area contributed by atoms with Crippen LogP contribution < -0.4 is 5.32 Å². The number of aromatic nitrogens is 3. The number of amides is 1. The summed E-state index contributed by atoms with van der Waals surface area (Å²) in [5, 5.41) is 13.3. The van der Waals surface area contributed by atoms with Gasteiger partial charge >= 0.3 is 0 Å². The van der Waals surface area contributed by atoms with Crippen molar-refractivity contribution in [3.05, 3.63) is 77.0 Å². The molecule has 0 bridgehead atoms. The van der Waals surface area contributed by atoms with Crippen molar-refractivity contribution in [2.45, 2.75) is 25.5 Å². The van der Waals surface area contributed by atoms with Crippen LogP contribution in [-0.2, 0) is 11.3 Å². The molecule has 0 radical (unpaired) electrons. The van der Waals surface area contributed by atoms with E-state index < -0.39 is 0 Å². The third-order valence-corrected chi connectivity index (χ3v) is 5.96. The molecule has 0 aliphatic rings. The highest BCUT2D eigenvalue weighted by molar-refractivity contribution is 7.99. The van der Waals surface area contributed by atoms with E-state index in [2.05, 4.69) is 21.4 Å². The second-order valence-corrected chi connectivity index (χ2v) is 7.98. The minimum Gasteiger partial charge on any atom is -0.333 e. The number of hydrogen-bond donors (Lipinski definition) is 2. The summed E-state index contributed by atoms with van der Waals surface area (Å²) in [5.41, 5.74) is 5.27. The molecule has 4 rings (SSSR count). The Labute approximate surface area is 178 Å². The van der Waals surface area contributed by atoms with Gasteiger partial charge in [0.1, 0.15) is 11.9 Å². The third-order valence-electron chi connectivity index (χ3n) is 5.09. The number of fused-ring (bicyclic) bond motifs is 1. The molecule has 0 fully saturated rings. The van der Waals surface area contributed by atoms with E-state index in [1.54, 1.807) is 0 Å². The highest BCUT2D eigenvalue weighted by Gasteiger charge is 2.20. The Hall–Kier alpha value is -3.50. The van der Waals surface area contributed by atoms with Crippen LogP contribution in [0.3, 0.4) is 0 Å². The molecule has 0 spiro atoms. The van der Waals surface area contributed by atoms with Crippen LogP contribution in [-0.4, -0.2) is 26.2 Å². The maximum Gasteiger partial charge on any atom is 0.235 e. The fourth-order valence-electron chi connectivity index (χ4n) is 3.39. The first-order chi connectivity index (χ1) is 14.6. The Morgan fingerprint density at radius 2 is 1.90 bits per heavy atom. The molecule has 0 unspecified atom stereocenters. The number of nitriles is 1. The number of aromatic amines is 1. The first-order valence-electron chi connectivity index (χ1n) is 9.58. The van der Waals surface area contributed by atoms with E-state index in [0.717, 1.165) is 27.9 Å². The SMILES string of the molecule is Cc1c(C#N)c(NC(=O)CSc2nc3ccccc3[nH]2)n(Cc2ccccc2)c1C. The molecule has 6 nitrogen and oxygen atoms in total. The van der Waals surface area contributed by atoms with E-state index in [1.165, 1.54) is 11.8 Å². The number of benzene rings is 2. The maximum absolute atomic E-state index is 12.7. The average molecular weight is 416 g/mol. The fourth-order valence-corrected chi connectivity index (χ4v) is 4.08. The third kappa shape index (κ3) is 3.95. The first kappa shape index (κ1) is 19.8. The molecular formula is C23H21N5OS. The summed E-state index contributed by atoms with van der Waals surface area (Å²) in [5.74, 6) is 0.564. The lowest BCUT2D eigenvalue weighted by molar-refractivity contribution is -0.113. The van der Waals surface area contributed by atoms with E-state index in [-0.39, 0.29) is 11.7 Å². The topological polar surface area (TPSA) is 86.5 Å². The molecule has 0 saturated heterocycles. The Morgan fingerprint density at radius 3 is 2.63 bits per heavy atom. The highest BCUT2D eigenvalue weighted by Crippen LogP contribution is 2.28. The molecular weight excluding hydrogens is 394 g/mol. The summed E-state index contributed by atoms with van der Waals surface area (Å²) in [6.45, 7) is 4.47. The maximum atomic E-state index is 12.7. The fraction of sp³-hybridized carbons (Fsp3) is 0.174. The molecule has 30 heavy (non-hydrogen) atoms. The number of nitrogens with one attached hydrogen (secondary N) is 2. The van der Waals surface area contributed by atoms with E-state index >= 15 is 0 Å². The highest BCUT2D eigenvalue weighted by atomic mass is 32.2. The zero-order valence-electron chi connectivity index (χ0n) is 16.8. The van der Waals surface area contributed by atoms with Crippen molar-refractivity contribution < 1.29 is 4.79 Å². The van der Waals surface area contributed by atoms with Gasteiger partial charge in [0.15, 0.2) is 5.16 Å². The van der Waals surface area contributed by atoms with Gasteiger partial charge in [0, 0.05) is 12.2 Å². The van der Waals surface area contributed by atoms with Gasteiger partial charge in [0.05, 0.1) is 22.3 Å². The number of thioether (sulfide) groups is 1. The van der Waals surface area contributed by atoms with Gasteiger partial charge in [-0.1, -0.05) is 54.2 Å². The van der Waals surface area contributed by atoms with E-state index in [4.69, 9.17) is 0 Å². The molecule has 0 aliphatic carbocycles. The molecule has 4 aromatic rings. The Balaban J connectivity index is 1.53. The summed E-state index contributed by atoms with van der Waals surface area (Å²) < 4.78 is 1.99. The van der Waals surface area contributed by atoms with Crippen LogP contribution in [0.25, 0.3) is 11.0 Å². The van der Waals surface area contributed by atoms with Gasteiger partial charge in [0.25, 0.3) is 0 Å². The van der Waals surface area contributed by atoms with Crippen molar-refractivity contribution >= 4 is 34.5 Å². The molecule has 2 N–H and O–H groups in total. The predicted molar refractivity (Wildman–Crippen MR) is 120 cm³/mol. The predicted octanol–water partition coefficient (Wildman–Crippen LogP) is 4.63. The van der Waals surface area contributed by atoms with Gasteiger partial charge in [-0.3, -0.25) is 4.79 Å². The van der Waals surface area contributed by atoms with Crippen molar-refractivity contribution in [2.75, 3.05) is 11.1 Å². The van der Waals surface area contributed by atoms with Crippen LogP contribution in [0.5, 0.6) is 0 Å². The minimum atomic E-state index is -0.177. The van der Waals surface area contributed by atoms with Crippen molar-refractivity contribution in [2.24, 2.45) is 0 Å². The number of hydrogen-bond acceptors (Lipinski definition) is 4. The molecule has 0 aliphatic heterocycles. The second-order valence-electron chi connectivity index (χ2n) is 7.01. The second kappa shape index (κ2) is 8.47. The molecule has 2 aromatic heterocycles. The first-order valence-corrected chi connectivity index (χ1v) is 10.6. The molecule has 2 heterocycles. The Morgan fingerprint density at radius 1 is 1.17 bits per heavy atom. The molecule has 0 atom stereocenters. The minimum absolute atomic E-state index is 0.177. The van der Waals surface area contributed by atoms with Gasteiger partial charge in [-0.25, -0.2) is 4.98 Å². The van der Waals surface area contributed by atoms with Gasteiger partial charge in [-0.2, -0.15) is 5.26 Å². The standard InChI is InChI=1S/C23H21N5OS/c1-15-16(2)28(13-17-8-4-3-5-9-17)22(18(15)12-24)27-21(29)14-30-23-25-19-10-6-7-11-20(19)26-23/h3-11H,13-14H2,1-2H3,(H,25,26)(H,27,29). The molecule has 2 aromatic carbocycles. The molecule has 7 heteroatoms. The number of imidazole rings is 1. The van der Waals surface area contributed by atoms with Crippen LogP contribution in [0.4, 0.5) is 5.82 Å². The summed E-state index contributed by atoms with van der Waals surface area (Å²) >= 11 is 1.34. The van der Waals surface area contributed by atoms with Crippen LogP contribution in [0.15, 0.2) is 59.8 Å². The van der Waals surface area contributed by atoms with Crippen molar-refractivity contribution in [1.29, 1.82) is 5.26 Å². The van der Waals surface area contributed by atoms with Crippen molar-refractivity contribution in [3.8, 4) is 6.07 Å². The summed E-state index contributed by atoms with van der Waals surface area (Å²) in [4.78, 5) is 20.4. The Kier molecular flexibility index (Phi) is 5.59. The van der Waals surface area contributed by atoms with Crippen LogP contribution in [0.2, 0.25) is 0 Å². The molecule has 0 saturated carbocycles. The van der Waals surface area contributed by atoms with Gasteiger partial charge < -0.3 is 14.9 Å². The van der Waals surface area contributed by atoms with E-state index in [9.17, 15) is 10.1 Å². The van der Waals surface area contributed by atoms with Gasteiger partial charge in [0.2, 0.25) is 5.91 Å². The average Bonchev–Trinajstić information content (AvgIpc) is 3.27. The normalized spacial score (nSPS) is 10.8. The lowest BCUT2D eigenvalue weighted by atomic mass is 10.2. The lowest BCUT2D eigenvalue weighted by Gasteiger charge is -2.13. The summed E-state index contributed by atoms with van der Waals surface area (Å²) in [6, 6.07) is 20.0. The smallest absolute Gasteiger partial charge is 0.235 e. The quantitative estimate of drug-likeness (QED) is 0.450. The van der Waals surface area contributed by atoms with Crippen LogP contribution >= 0.6 is 11.8 Å². The Bertz CT molecular complexity index is 1220. The number of carbonyl (C=O) groups excluding carboxylic acids is 1.